The molecule has 0 fully saturated rings. The molecular weight excluding hydrogens is 358 g/mol. The molecule has 4 N–H and O–H groups in total. The fourth-order valence-electron chi connectivity index (χ4n) is 2.21. The van der Waals surface area contributed by atoms with E-state index in [1.165, 1.54) is 11.6 Å². The van der Waals surface area contributed by atoms with Crippen LogP contribution in [0.25, 0.3) is 6.08 Å². The molecule has 0 unspecified atom stereocenters. The average molecular weight is 381 g/mol. The Kier molecular flexibility index (Phi) is 7.33. The van der Waals surface area contributed by atoms with Crippen LogP contribution in [0.2, 0.25) is 0 Å². The standard InChI is InChI=1S/C21H23N3O4/c1-14(2)16-6-3-15(4-7-16)5-12-20(26)28-24-21(23)17-8-10-18(11-9-17)27-13-19(22)25/h3-12,14H,13H2,1-2H3,(H2,22,25)(H2,23,24)/b12-5-. The quantitative estimate of drug-likeness (QED) is 0.240. The van der Waals surface area contributed by atoms with Gasteiger partial charge in [0, 0.05) is 11.6 Å². The lowest BCUT2D eigenvalue weighted by Gasteiger charge is -2.05. The number of carbonyl (C=O) groups excluding carboxylic acids is 2. The first-order valence-electron chi connectivity index (χ1n) is 8.69. The van der Waals surface area contributed by atoms with Crippen molar-refractivity contribution in [2.45, 2.75) is 19.8 Å². The van der Waals surface area contributed by atoms with Crippen LogP contribution in [0.5, 0.6) is 5.75 Å². The first kappa shape index (κ1) is 20.7. The molecule has 0 atom stereocenters. The van der Waals surface area contributed by atoms with Crippen molar-refractivity contribution >= 4 is 23.8 Å². The molecule has 0 aliphatic rings. The van der Waals surface area contributed by atoms with Crippen molar-refractivity contribution in [3.05, 3.63) is 71.3 Å². The number of nitrogens with zero attached hydrogens (tertiary/aromatic N) is 1. The summed E-state index contributed by atoms with van der Waals surface area (Å²) in [6.45, 7) is 4.02. The van der Waals surface area contributed by atoms with Crippen LogP contribution in [0.15, 0.2) is 59.8 Å². The summed E-state index contributed by atoms with van der Waals surface area (Å²) < 4.78 is 5.14. The van der Waals surface area contributed by atoms with Gasteiger partial charge in [0.25, 0.3) is 5.91 Å². The Labute approximate surface area is 163 Å². The van der Waals surface area contributed by atoms with Gasteiger partial charge in [-0.1, -0.05) is 43.3 Å². The van der Waals surface area contributed by atoms with E-state index in [1.54, 1.807) is 30.3 Å². The van der Waals surface area contributed by atoms with E-state index in [2.05, 4.69) is 19.0 Å². The Morgan fingerprint density at radius 1 is 1.04 bits per heavy atom. The monoisotopic (exact) mass is 381 g/mol. The fourth-order valence-corrected chi connectivity index (χ4v) is 2.21. The zero-order valence-electron chi connectivity index (χ0n) is 15.8. The van der Waals surface area contributed by atoms with Crippen molar-refractivity contribution in [3.8, 4) is 5.75 Å². The largest absolute Gasteiger partial charge is 0.484 e. The van der Waals surface area contributed by atoms with Gasteiger partial charge in [-0.15, -0.1) is 0 Å². The highest BCUT2D eigenvalue weighted by Crippen LogP contribution is 2.15. The lowest BCUT2D eigenvalue weighted by atomic mass is 10.0. The molecule has 7 nitrogen and oxygen atoms in total. The van der Waals surface area contributed by atoms with Crippen LogP contribution in [0.4, 0.5) is 0 Å². The summed E-state index contributed by atoms with van der Waals surface area (Å²) in [7, 11) is 0. The molecule has 0 saturated heterocycles. The fraction of sp³-hybridized carbons (Fsp3) is 0.190. The molecule has 2 aromatic rings. The van der Waals surface area contributed by atoms with Crippen molar-refractivity contribution in [2.24, 2.45) is 16.6 Å². The topological polar surface area (TPSA) is 117 Å². The smallest absolute Gasteiger partial charge is 0.358 e. The Bertz CT molecular complexity index is 870. The van der Waals surface area contributed by atoms with Crippen molar-refractivity contribution in [2.75, 3.05) is 6.61 Å². The first-order chi connectivity index (χ1) is 13.3. The van der Waals surface area contributed by atoms with Gasteiger partial charge in [-0.25, -0.2) is 4.79 Å². The minimum absolute atomic E-state index is 0.0319. The Morgan fingerprint density at radius 2 is 1.68 bits per heavy atom. The molecular formula is C21H23N3O4. The lowest BCUT2D eigenvalue weighted by molar-refractivity contribution is -0.137. The third-order valence-corrected chi connectivity index (χ3v) is 3.78. The van der Waals surface area contributed by atoms with Crippen LogP contribution in [0, 0.1) is 0 Å². The number of primary amides is 1. The van der Waals surface area contributed by atoms with Crippen LogP contribution in [0.3, 0.4) is 0 Å². The zero-order valence-corrected chi connectivity index (χ0v) is 15.8. The number of carbonyl (C=O) groups is 2. The molecule has 146 valence electrons. The molecule has 0 aliphatic carbocycles. The number of ether oxygens (including phenoxy) is 1. The minimum Gasteiger partial charge on any atom is -0.484 e. The SMILES string of the molecule is CC(C)c1ccc(/C=C\C(=O)O/N=C(\N)c2ccc(OCC(N)=O)cc2)cc1. The normalized spacial score (nSPS) is 11.6. The molecule has 0 bridgehead atoms. The van der Waals surface area contributed by atoms with Gasteiger partial charge in [0.05, 0.1) is 0 Å². The first-order valence-corrected chi connectivity index (χ1v) is 8.69. The summed E-state index contributed by atoms with van der Waals surface area (Å²) in [6, 6.07) is 14.3. The molecule has 0 aromatic heterocycles. The summed E-state index contributed by atoms with van der Waals surface area (Å²) >= 11 is 0. The lowest BCUT2D eigenvalue weighted by Crippen LogP contribution is -2.20. The molecule has 2 rings (SSSR count). The third kappa shape index (κ3) is 6.60. The van der Waals surface area contributed by atoms with Crippen molar-refractivity contribution < 1.29 is 19.2 Å². The third-order valence-electron chi connectivity index (χ3n) is 3.78. The number of amidine groups is 1. The highest BCUT2D eigenvalue weighted by Gasteiger charge is 2.04. The van der Waals surface area contributed by atoms with E-state index in [4.69, 9.17) is 21.0 Å². The molecule has 0 aliphatic heterocycles. The van der Waals surface area contributed by atoms with Crippen molar-refractivity contribution in [3.63, 3.8) is 0 Å². The van der Waals surface area contributed by atoms with Gasteiger partial charge in [-0.2, -0.15) is 0 Å². The highest BCUT2D eigenvalue weighted by atomic mass is 16.7. The maximum Gasteiger partial charge on any atom is 0.358 e. The summed E-state index contributed by atoms with van der Waals surface area (Å²) in [4.78, 5) is 27.3. The van der Waals surface area contributed by atoms with E-state index < -0.39 is 11.9 Å². The molecule has 7 heteroatoms. The van der Waals surface area contributed by atoms with Gasteiger partial charge in [0.1, 0.15) is 5.75 Å². The number of hydrogen-bond donors (Lipinski definition) is 2. The second-order valence-electron chi connectivity index (χ2n) is 6.32. The molecule has 0 spiro atoms. The number of benzene rings is 2. The number of hydrogen-bond acceptors (Lipinski definition) is 5. The molecule has 0 saturated carbocycles. The Morgan fingerprint density at radius 3 is 2.25 bits per heavy atom. The predicted octanol–water partition coefficient (Wildman–Crippen LogP) is 2.55. The summed E-state index contributed by atoms with van der Waals surface area (Å²) in [5.41, 5.74) is 13.5. The van der Waals surface area contributed by atoms with Gasteiger partial charge >= 0.3 is 5.97 Å². The Balaban J connectivity index is 1.90. The summed E-state index contributed by atoms with van der Waals surface area (Å²) in [6.07, 6.45) is 2.92. The van der Waals surface area contributed by atoms with E-state index >= 15 is 0 Å². The van der Waals surface area contributed by atoms with Gasteiger partial charge in [0.2, 0.25) is 0 Å². The van der Waals surface area contributed by atoms with E-state index in [-0.39, 0.29) is 12.4 Å². The second-order valence-corrected chi connectivity index (χ2v) is 6.32. The van der Waals surface area contributed by atoms with Gasteiger partial charge < -0.3 is 21.0 Å². The molecule has 1 amide bonds. The number of nitrogens with two attached hydrogens (primary N) is 2. The van der Waals surface area contributed by atoms with Crippen molar-refractivity contribution in [1.29, 1.82) is 0 Å². The van der Waals surface area contributed by atoms with Crippen LogP contribution >= 0.6 is 0 Å². The van der Waals surface area contributed by atoms with Crippen LogP contribution < -0.4 is 16.2 Å². The van der Waals surface area contributed by atoms with Crippen molar-refractivity contribution in [1.82, 2.24) is 0 Å². The number of amides is 1. The minimum atomic E-state index is -0.641. The van der Waals surface area contributed by atoms with E-state index in [0.717, 1.165) is 5.56 Å². The van der Waals surface area contributed by atoms with Crippen LogP contribution in [-0.2, 0) is 14.4 Å². The molecule has 28 heavy (non-hydrogen) atoms. The van der Waals surface area contributed by atoms with E-state index in [1.807, 2.05) is 24.3 Å². The summed E-state index contributed by atoms with van der Waals surface area (Å²) in [5.74, 6) is -0.273. The van der Waals surface area contributed by atoms with E-state index in [0.29, 0.717) is 17.2 Å². The molecule has 0 radical (unpaired) electrons. The zero-order chi connectivity index (χ0) is 20.5. The maximum absolute atomic E-state index is 11.8. The molecule has 0 heterocycles. The number of rotatable bonds is 8. The highest BCUT2D eigenvalue weighted by molar-refractivity contribution is 5.98. The van der Waals surface area contributed by atoms with Crippen LogP contribution in [-0.4, -0.2) is 24.3 Å². The van der Waals surface area contributed by atoms with Gasteiger partial charge in [0.15, 0.2) is 12.4 Å². The van der Waals surface area contributed by atoms with Crippen LogP contribution in [0.1, 0.15) is 36.5 Å². The predicted molar refractivity (Wildman–Crippen MR) is 108 cm³/mol. The number of oxime groups is 1. The van der Waals surface area contributed by atoms with Gasteiger partial charge in [-0.3, -0.25) is 4.79 Å². The second kappa shape index (κ2) is 9.91. The molecule has 2 aromatic carbocycles. The maximum atomic E-state index is 11.8. The summed E-state index contributed by atoms with van der Waals surface area (Å²) in [5, 5.41) is 3.63. The average Bonchev–Trinajstić information content (AvgIpc) is 2.69. The van der Waals surface area contributed by atoms with E-state index in [9.17, 15) is 9.59 Å². The Hall–Kier alpha value is -3.61. The van der Waals surface area contributed by atoms with Gasteiger partial charge in [-0.05, 0) is 47.4 Å².